The quantitative estimate of drug-likeness (QED) is 0.269. The maximum absolute atomic E-state index is 12.4. The Labute approximate surface area is 204 Å². The second-order valence-corrected chi connectivity index (χ2v) is 15.0. The predicted molar refractivity (Wildman–Crippen MR) is 127 cm³/mol. The number of hydrogen-bond donors (Lipinski definition) is 0. The molecule has 0 aromatic heterocycles. The van der Waals surface area contributed by atoms with Gasteiger partial charge in [0.2, 0.25) is 0 Å². The summed E-state index contributed by atoms with van der Waals surface area (Å²) in [5, 5.41) is 0. The first-order valence-electron chi connectivity index (χ1n) is 13.3. The molecule has 0 N–H and O–H groups in total. The Balaban J connectivity index is 1.59. The molecule has 4 fully saturated rings. The van der Waals surface area contributed by atoms with Crippen molar-refractivity contribution in [1.82, 2.24) is 0 Å². The van der Waals surface area contributed by atoms with Gasteiger partial charge in [0.1, 0.15) is 36.8 Å². The summed E-state index contributed by atoms with van der Waals surface area (Å²) in [5.41, 5.74) is 0. The lowest BCUT2D eigenvalue weighted by molar-refractivity contribution is -0.250. The lowest BCUT2D eigenvalue weighted by atomic mass is 9.87. The first-order chi connectivity index (χ1) is 16.4. The molecule has 3 saturated heterocycles. The van der Waals surface area contributed by atoms with Crippen LogP contribution < -0.4 is 0 Å². The van der Waals surface area contributed by atoms with Crippen molar-refractivity contribution in [1.29, 1.82) is 0 Å². The number of methoxy groups -OCH3 is 1. The van der Waals surface area contributed by atoms with Crippen LogP contribution in [0.4, 0.5) is 0 Å². The van der Waals surface area contributed by atoms with E-state index in [-0.39, 0.29) is 36.8 Å². The highest BCUT2D eigenvalue weighted by atomic mass is 28.4. The molecular formula is C25H42O8Si. The SMILES string of the molecule is CC[Si](CC)(CC)O[C@H](C=O)[C@@H]1O[C@H]2CC[C@H](CC(=O)OC)O[C@@H]2[C@@H]2OC3(CCCCC3)O[C@@H]21. The molecule has 3 heterocycles. The Morgan fingerprint density at radius 3 is 2.29 bits per heavy atom. The number of carbonyl (C=O) groups excluding carboxylic acids is 2. The summed E-state index contributed by atoms with van der Waals surface area (Å²) in [5.74, 6) is -0.929. The van der Waals surface area contributed by atoms with Gasteiger partial charge in [-0.05, 0) is 43.8 Å². The van der Waals surface area contributed by atoms with E-state index in [1.54, 1.807) is 0 Å². The molecule has 1 spiro atoms. The molecule has 0 aromatic rings. The van der Waals surface area contributed by atoms with Crippen molar-refractivity contribution in [2.75, 3.05) is 7.11 Å². The minimum absolute atomic E-state index is 0.213. The zero-order valence-corrected chi connectivity index (χ0v) is 22.2. The minimum atomic E-state index is -2.04. The average Bonchev–Trinajstić information content (AvgIpc) is 3.24. The molecule has 194 valence electrons. The molecule has 0 bridgehead atoms. The molecular weight excluding hydrogens is 456 g/mol. The summed E-state index contributed by atoms with van der Waals surface area (Å²) >= 11 is 0. The van der Waals surface area contributed by atoms with Crippen molar-refractivity contribution >= 4 is 20.6 Å². The molecule has 8 nitrogen and oxygen atoms in total. The first kappa shape index (κ1) is 26.2. The van der Waals surface area contributed by atoms with Gasteiger partial charge in [-0.15, -0.1) is 0 Å². The van der Waals surface area contributed by atoms with Crippen molar-refractivity contribution in [2.45, 2.75) is 139 Å². The number of esters is 1. The molecule has 1 aliphatic carbocycles. The lowest BCUT2D eigenvalue weighted by Gasteiger charge is -2.48. The zero-order valence-electron chi connectivity index (χ0n) is 21.2. The van der Waals surface area contributed by atoms with E-state index in [4.69, 9.17) is 28.1 Å². The Kier molecular flexibility index (Phi) is 8.52. The highest BCUT2D eigenvalue weighted by Crippen LogP contribution is 2.48. The van der Waals surface area contributed by atoms with Crippen LogP contribution in [0, 0.1) is 0 Å². The van der Waals surface area contributed by atoms with Crippen LogP contribution in [0.25, 0.3) is 0 Å². The molecule has 9 heteroatoms. The van der Waals surface area contributed by atoms with E-state index < -0.39 is 32.4 Å². The van der Waals surface area contributed by atoms with E-state index in [1.807, 2.05) is 0 Å². The van der Waals surface area contributed by atoms with Crippen LogP contribution in [0.3, 0.4) is 0 Å². The van der Waals surface area contributed by atoms with E-state index in [2.05, 4.69) is 20.8 Å². The van der Waals surface area contributed by atoms with Crippen molar-refractivity contribution in [3.05, 3.63) is 0 Å². The van der Waals surface area contributed by atoms with E-state index in [9.17, 15) is 9.59 Å². The fraction of sp³-hybridized carbons (Fsp3) is 0.920. The molecule has 0 radical (unpaired) electrons. The van der Waals surface area contributed by atoms with Crippen LogP contribution in [-0.4, -0.2) is 76.2 Å². The van der Waals surface area contributed by atoms with E-state index in [0.717, 1.165) is 56.5 Å². The van der Waals surface area contributed by atoms with Gasteiger partial charge in [0.15, 0.2) is 14.1 Å². The lowest BCUT2D eigenvalue weighted by Crippen LogP contribution is -2.63. The monoisotopic (exact) mass is 498 g/mol. The Morgan fingerprint density at radius 1 is 1.00 bits per heavy atom. The van der Waals surface area contributed by atoms with Gasteiger partial charge in [0, 0.05) is 12.8 Å². The Morgan fingerprint density at radius 2 is 1.68 bits per heavy atom. The molecule has 0 amide bonds. The van der Waals surface area contributed by atoms with Crippen LogP contribution in [0.15, 0.2) is 0 Å². The summed E-state index contributed by atoms with van der Waals surface area (Å²) in [4.78, 5) is 24.3. The highest BCUT2D eigenvalue weighted by molar-refractivity contribution is 6.73. The fourth-order valence-corrected chi connectivity index (χ4v) is 9.01. The van der Waals surface area contributed by atoms with Gasteiger partial charge < -0.3 is 32.9 Å². The first-order valence-corrected chi connectivity index (χ1v) is 15.8. The number of carbonyl (C=O) groups is 2. The normalized spacial score (nSPS) is 35.9. The van der Waals surface area contributed by atoms with Gasteiger partial charge in [-0.1, -0.05) is 27.2 Å². The summed E-state index contributed by atoms with van der Waals surface area (Å²) in [6.07, 6.45) is 4.67. The van der Waals surface area contributed by atoms with E-state index in [1.165, 1.54) is 13.5 Å². The molecule has 7 atom stereocenters. The number of aldehydes is 1. The van der Waals surface area contributed by atoms with Crippen molar-refractivity contribution in [3.63, 3.8) is 0 Å². The van der Waals surface area contributed by atoms with Crippen molar-refractivity contribution in [2.24, 2.45) is 0 Å². The van der Waals surface area contributed by atoms with E-state index in [0.29, 0.717) is 6.42 Å². The third-order valence-corrected chi connectivity index (χ3v) is 13.1. The summed E-state index contributed by atoms with van der Waals surface area (Å²) < 4.78 is 37.8. The van der Waals surface area contributed by atoms with Crippen LogP contribution in [-0.2, 0) is 37.7 Å². The van der Waals surface area contributed by atoms with Crippen LogP contribution in [0.5, 0.6) is 0 Å². The Hall–Kier alpha value is -0.843. The largest absolute Gasteiger partial charge is 0.469 e. The van der Waals surface area contributed by atoms with Crippen molar-refractivity contribution < 1.29 is 37.7 Å². The molecule has 1 saturated carbocycles. The predicted octanol–water partition coefficient (Wildman–Crippen LogP) is 3.90. The van der Waals surface area contributed by atoms with Crippen molar-refractivity contribution in [3.8, 4) is 0 Å². The van der Waals surface area contributed by atoms with Gasteiger partial charge in [0.05, 0.1) is 25.7 Å². The summed E-state index contributed by atoms with van der Waals surface area (Å²) in [7, 11) is -0.651. The third kappa shape index (κ3) is 5.15. The minimum Gasteiger partial charge on any atom is -0.469 e. The molecule has 3 aliphatic heterocycles. The number of ether oxygens (including phenoxy) is 5. The topological polar surface area (TPSA) is 89.5 Å². The molecule has 4 rings (SSSR count). The molecule has 0 aromatic carbocycles. The smallest absolute Gasteiger partial charge is 0.308 e. The summed E-state index contributed by atoms with van der Waals surface area (Å²) in [6.45, 7) is 6.47. The molecule has 0 unspecified atom stereocenters. The summed E-state index contributed by atoms with van der Waals surface area (Å²) in [6, 6.07) is 2.87. The highest BCUT2D eigenvalue weighted by Gasteiger charge is 2.61. The van der Waals surface area contributed by atoms with Crippen LogP contribution >= 0.6 is 0 Å². The number of hydrogen-bond acceptors (Lipinski definition) is 8. The Bertz CT molecular complexity index is 699. The maximum Gasteiger partial charge on any atom is 0.308 e. The second-order valence-electron chi connectivity index (χ2n) is 10.3. The van der Waals surface area contributed by atoms with Gasteiger partial charge in [0.25, 0.3) is 0 Å². The van der Waals surface area contributed by atoms with Gasteiger partial charge >= 0.3 is 5.97 Å². The number of rotatable bonds is 9. The van der Waals surface area contributed by atoms with E-state index >= 15 is 0 Å². The standard InChI is InChI=1S/C25H42O8Si/c1-5-34(6-2,7-3)33-19(16-26)22-24-23(31-25(32-24)13-9-8-10-14-25)21-18(30-22)12-11-17(29-21)15-20(27)28-4/h16-19,21-24H,5-15H2,1-4H3/t17-,18+,19-,21+,22+,23+,24-/m1/s1. The maximum atomic E-state index is 12.4. The van der Waals surface area contributed by atoms with Gasteiger partial charge in [-0.2, -0.15) is 0 Å². The van der Waals surface area contributed by atoms with Gasteiger partial charge in [-0.25, -0.2) is 0 Å². The zero-order chi connectivity index (χ0) is 24.3. The van der Waals surface area contributed by atoms with Gasteiger partial charge in [-0.3, -0.25) is 4.79 Å². The van der Waals surface area contributed by atoms with Crippen LogP contribution in [0.2, 0.25) is 18.1 Å². The average molecular weight is 499 g/mol. The number of fused-ring (bicyclic) bond motifs is 3. The molecule has 4 aliphatic rings. The van der Waals surface area contributed by atoms with Crippen LogP contribution in [0.1, 0.15) is 72.1 Å². The fourth-order valence-electron chi connectivity index (χ4n) is 6.24. The molecule has 34 heavy (non-hydrogen) atoms. The third-order valence-electron chi connectivity index (χ3n) is 8.51. The second kappa shape index (κ2) is 11.0.